The van der Waals surface area contributed by atoms with Gasteiger partial charge in [-0.1, -0.05) is 13.8 Å². The van der Waals surface area contributed by atoms with E-state index < -0.39 is 0 Å². The predicted molar refractivity (Wildman–Crippen MR) is 58.0 cm³/mol. The highest BCUT2D eigenvalue weighted by molar-refractivity contribution is 7.09. The number of nitrogens with two attached hydrogens (primary N) is 1. The van der Waals surface area contributed by atoms with Gasteiger partial charge < -0.3 is 5.73 Å². The van der Waals surface area contributed by atoms with Gasteiger partial charge in [-0.25, -0.2) is 4.98 Å². The van der Waals surface area contributed by atoms with Gasteiger partial charge >= 0.3 is 0 Å². The summed E-state index contributed by atoms with van der Waals surface area (Å²) in [5.41, 5.74) is 6.66. The molecule has 1 aromatic heterocycles. The second-order valence-electron chi connectivity index (χ2n) is 4.10. The summed E-state index contributed by atoms with van der Waals surface area (Å²) in [4.78, 5) is 4.55. The molecule has 0 aliphatic heterocycles. The Labute approximate surface area is 84.2 Å². The minimum atomic E-state index is -0.303. The lowest BCUT2D eigenvalue weighted by Crippen LogP contribution is -2.29. The first kappa shape index (κ1) is 10.7. The molecule has 0 amide bonds. The Morgan fingerprint density at radius 3 is 2.62 bits per heavy atom. The summed E-state index contributed by atoms with van der Waals surface area (Å²) in [5, 5.41) is 3.28. The Bertz CT molecular complexity index is 273. The average Bonchev–Trinajstić information content (AvgIpc) is 2.50. The molecule has 0 radical (unpaired) electrons. The van der Waals surface area contributed by atoms with Crippen molar-refractivity contribution in [2.24, 2.45) is 5.73 Å². The van der Waals surface area contributed by atoms with Crippen molar-refractivity contribution in [3.8, 4) is 0 Å². The first-order valence-electron chi connectivity index (χ1n) is 4.70. The third-order valence-corrected chi connectivity index (χ3v) is 3.29. The lowest BCUT2D eigenvalue weighted by atomic mass is 10.0. The lowest BCUT2D eigenvalue weighted by Gasteiger charge is -2.14. The molecular formula is C10H18N2S. The molecule has 0 aliphatic rings. The van der Waals surface area contributed by atoms with Crippen molar-refractivity contribution >= 4 is 11.3 Å². The molecule has 1 heterocycles. The zero-order valence-electron chi connectivity index (χ0n) is 8.79. The molecule has 3 heteroatoms. The van der Waals surface area contributed by atoms with Gasteiger partial charge in [-0.15, -0.1) is 11.3 Å². The van der Waals surface area contributed by atoms with Crippen LogP contribution in [0, 0.1) is 0 Å². The Hall–Kier alpha value is -0.410. The van der Waals surface area contributed by atoms with Crippen LogP contribution in [-0.4, -0.2) is 4.98 Å². The smallest absolute Gasteiger partial charge is 0.0957 e. The highest BCUT2D eigenvalue weighted by Crippen LogP contribution is 2.26. The maximum Gasteiger partial charge on any atom is 0.0957 e. The molecule has 0 saturated heterocycles. The van der Waals surface area contributed by atoms with Crippen LogP contribution in [0.3, 0.4) is 0 Å². The Kier molecular flexibility index (Phi) is 3.09. The molecule has 1 unspecified atom stereocenters. The zero-order chi connectivity index (χ0) is 10.1. The first-order valence-corrected chi connectivity index (χ1v) is 5.58. The molecule has 0 saturated carbocycles. The fourth-order valence-electron chi connectivity index (χ4n) is 0.985. The maximum atomic E-state index is 5.96. The van der Waals surface area contributed by atoms with Gasteiger partial charge in [0.1, 0.15) is 0 Å². The number of thiazole rings is 1. The van der Waals surface area contributed by atoms with Gasteiger partial charge in [0.25, 0.3) is 0 Å². The standard InChI is InChI=1S/C10H18N2S/c1-5-7(2)9-12-8(6-13-9)10(3,4)11/h6-7H,5,11H2,1-4H3. The molecule has 2 N–H and O–H groups in total. The van der Waals surface area contributed by atoms with Crippen molar-refractivity contribution in [3.63, 3.8) is 0 Å². The molecule has 0 aromatic carbocycles. The molecular weight excluding hydrogens is 180 g/mol. The van der Waals surface area contributed by atoms with E-state index in [0.29, 0.717) is 5.92 Å². The summed E-state index contributed by atoms with van der Waals surface area (Å²) in [6.45, 7) is 8.36. The zero-order valence-corrected chi connectivity index (χ0v) is 9.61. The van der Waals surface area contributed by atoms with Crippen molar-refractivity contribution in [1.29, 1.82) is 0 Å². The van der Waals surface area contributed by atoms with E-state index in [4.69, 9.17) is 5.73 Å². The molecule has 74 valence electrons. The minimum Gasteiger partial charge on any atom is -0.321 e. The van der Waals surface area contributed by atoms with Gasteiger partial charge in [0.2, 0.25) is 0 Å². The minimum absolute atomic E-state index is 0.303. The highest BCUT2D eigenvalue weighted by atomic mass is 32.1. The van der Waals surface area contributed by atoms with Crippen LogP contribution < -0.4 is 5.73 Å². The highest BCUT2D eigenvalue weighted by Gasteiger charge is 2.19. The van der Waals surface area contributed by atoms with E-state index in [0.717, 1.165) is 12.1 Å². The van der Waals surface area contributed by atoms with Gasteiger partial charge in [-0.3, -0.25) is 0 Å². The van der Waals surface area contributed by atoms with Gasteiger partial charge in [0.15, 0.2) is 0 Å². The van der Waals surface area contributed by atoms with E-state index in [-0.39, 0.29) is 5.54 Å². The van der Waals surface area contributed by atoms with Crippen LogP contribution in [-0.2, 0) is 5.54 Å². The molecule has 1 aromatic rings. The first-order chi connectivity index (χ1) is 5.95. The molecule has 1 rings (SSSR count). The summed E-state index contributed by atoms with van der Waals surface area (Å²) >= 11 is 1.72. The van der Waals surface area contributed by atoms with Gasteiger partial charge in [-0.05, 0) is 20.3 Å². The molecule has 1 atom stereocenters. The van der Waals surface area contributed by atoms with Gasteiger partial charge in [-0.2, -0.15) is 0 Å². The van der Waals surface area contributed by atoms with Crippen molar-refractivity contribution in [1.82, 2.24) is 4.98 Å². The Morgan fingerprint density at radius 2 is 2.23 bits per heavy atom. The summed E-state index contributed by atoms with van der Waals surface area (Å²) in [5.74, 6) is 0.557. The summed E-state index contributed by atoms with van der Waals surface area (Å²) in [6, 6.07) is 0. The molecule has 0 aliphatic carbocycles. The molecule has 0 fully saturated rings. The lowest BCUT2D eigenvalue weighted by molar-refractivity contribution is 0.534. The van der Waals surface area contributed by atoms with Crippen LogP contribution in [0.4, 0.5) is 0 Å². The van der Waals surface area contributed by atoms with Crippen LogP contribution >= 0.6 is 11.3 Å². The Balaban J connectivity index is 2.87. The third-order valence-electron chi connectivity index (χ3n) is 2.22. The average molecular weight is 198 g/mol. The quantitative estimate of drug-likeness (QED) is 0.811. The Morgan fingerprint density at radius 1 is 1.62 bits per heavy atom. The number of nitrogens with zero attached hydrogens (tertiary/aromatic N) is 1. The van der Waals surface area contributed by atoms with E-state index >= 15 is 0 Å². The summed E-state index contributed by atoms with van der Waals surface area (Å²) in [7, 11) is 0. The van der Waals surface area contributed by atoms with E-state index in [2.05, 4.69) is 24.2 Å². The fraction of sp³-hybridized carbons (Fsp3) is 0.700. The molecule has 0 bridgehead atoms. The summed E-state index contributed by atoms with van der Waals surface area (Å²) < 4.78 is 0. The van der Waals surface area contributed by atoms with Crippen molar-refractivity contribution in [2.45, 2.75) is 45.6 Å². The fourth-order valence-corrected chi connectivity index (χ4v) is 2.12. The monoisotopic (exact) mass is 198 g/mol. The topological polar surface area (TPSA) is 38.9 Å². The second kappa shape index (κ2) is 3.76. The van der Waals surface area contributed by atoms with E-state index in [9.17, 15) is 0 Å². The van der Waals surface area contributed by atoms with Gasteiger partial charge in [0.05, 0.1) is 16.2 Å². The van der Waals surface area contributed by atoms with E-state index in [1.54, 1.807) is 11.3 Å². The van der Waals surface area contributed by atoms with Crippen molar-refractivity contribution in [2.75, 3.05) is 0 Å². The molecule has 0 spiro atoms. The van der Waals surface area contributed by atoms with E-state index in [1.807, 2.05) is 13.8 Å². The van der Waals surface area contributed by atoms with Crippen LogP contribution in [0.25, 0.3) is 0 Å². The number of aromatic nitrogens is 1. The number of hydrogen-bond acceptors (Lipinski definition) is 3. The van der Waals surface area contributed by atoms with Crippen molar-refractivity contribution in [3.05, 3.63) is 16.1 Å². The predicted octanol–water partition coefficient (Wildman–Crippen LogP) is 2.85. The van der Waals surface area contributed by atoms with Crippen LogP contribution in [0.1, 0.15) is 50.7 Å². The summed E-state index contributed by atoms with van der Waals surface area (Å²) in [6.07, 6.45) is 1.14. The maximum absolute atomic E-state index is 5.96. The van der Waals surface area contributed by atoms with Gasteiger partial charge in [0, 0.05) is 11.3 Å². The van der Waals surface area contributed by atoms with Crippen LogP contribution in [0.2, 0.25) is 0 Å². The van der Waals surface area contributed by atoms with E-state index in [1.165, 1.54) is 5.01 Å². The second-order valence-corrected chi connectivity index (χ2v) is 4.99. The third kappa shape index (κ3) is 2.51. The normalized spacial score (nSPS) is 14.5. The largest absolute Gasteiger partial charge is 0.321 e. The van der Waals surface area contributed by atoms with Crippen LogP contribution in [0.5, 0.6) is 0 Å². The molecule has 13 heavy (non-hydrogen) atoms. The number of rotatable bonds is 3. The van der Waals surface area contributed by atoms with Crippen LogP contribution in [0.15, 0.2) is 5.38 Å². The number of hydrogen-bond donors (Lipinski definition) is 1. The molecule has 2 nitrogen and oxygen atoms in total. The van der Waals surface area contributed by atoms with Crippen molar-refractivity contribution < 1.29 is 0 Å². The SMILES string of the molecule is CCC(C)c1nc(C(C)(C)N)cs1.